The lowest BCUT2D eigenvalue weighted by Crippen LogP contribution is -2.02. The molecule has 0 radical (unpaired) electrons. The van der Waals surface area contributed by atoms with Crippen molar-refractivity contribution in [3.05, 3.63) is 42.4 Å². The van der Waals surface area contributed by atoms with Crippen molar-refractivity contribution in [2.24, 2.45) is 0 Å². The van der Waals surface area contributed by atoms with Crippen molar-refractivity contribution in [3.8, 4) is 23.2 Å². The molecule has 0 N–H and O–H groups in total. The van der Waals surface area contributed by atoms with Gasteiger partial charge in [0.05, 0.1) is 0 Å². The van der Waals surface area contributed by atoms with E-state index in [-0.39, 0.29) is 5.82 Å². The minimum absolute atomic E-state index is 0.290. The summed E-state index contributed by atoms with van der Waals surface area (Å²) < 4.78 is 0. The van der Waals surface area contributed by atoms with Gasteiger partial charge in [-0.25, -0.2) is 9.97 Å². The van der Waals surface area contributed by atoms with Gasteiger partial charge < -0.3 is 0 Å². The van der Waals surface area contributed by atoms with Crippen molar-refractivity contribution < 1.29 is 0 Å². The Labute approximate surface area is 121 Å². The van der Waals surface area contributed by atoms with Crippen LogP contribution in [0.4, 0.5) is 0 Å². The zero-order valence-corrected chi connectivity index (χ0v) is 11.7. The second kappa shape index (κ2) is 5.66. The second-order valence-corrected chi connectivity index (χ2v) is 4.75. The Balaban J connectivity index is 1.87. The number of pyridine rings is 1. The summed E-state index contributed by atoms with van der Waals surface area (Å²) in [7, 11) is 0. The van der Waals surface area contributed by atoms with E-state index in [1.54, 1.807) is 18.5 Å². The van der Waals surface area contributed by atoms with Gasteiger partial charge in [0.25, 0.3) is 0 Å². The summed E-state index contributed by atoms with van der Waals surface area (Å²) in [5.41, 5.74) is 1.80. The molecule has 3 heterocycles. The van der Waals surface area contributed by atoms with E-state index in [1.807, 2.05) is 18.3 Å². The van der Waals surface area contributed by atoms with E-state index in [9.17, 15) is 0 Å². The highest BCUT2D eigenvalue weighted by Gasteiger charge is 2.09. The second-order valence-electron chi connectivity index (χ2n) is 4.75. The van der Waals surface area contributed by atoms with Crippen LogP contribution in [0.25, 0.3) is 23.2 Å². The predicted octanol–water partition coefficient (Wildman–Crippen LogP) is 1.91. The molecule has 0 unspecified atom stereocenters. The maximum Gasteiger partial charge on any atom is 0.240 e. The molecular weight excluding hydrogens is 266 g/mol. The number of rotatable bonds is 3. The molecule has 104 valence electrons. The first kappa shape index (κ1) is 13.2. The SMILES string of the molecule is CC(C)c1ccc(-c2nnc(-c3ncccn3)nn2)nc1. The van der Waals surface area contributed by atoms with E-state index in [0.717, 1.165) is 5.56 Å². The van der Waals surface area contributed by atoms with Gasteiger partial charge in [-0.15, -0.1) is 20.4 Å². The van der Waals surface area contributed by atoms with Crippen LogP contribution in [0.5, 0.6) is 0 Å². The van der Waals surface area contributed by atoms with Crippen molar-refractivity contribution in [3.63, 3.8) is 0 Å². The average molecular weight is 279 g/mol. The molecule has 0 amide bonds. The van der Waals surface area contributed by atoms with Gasteiger partial charge in [0, 0.05) is 18.6 Å². The Kier molecular flexibility index (Phi) is 3.55. The molecule has 0 bridgehead atoms. The summed E-state index contributed by atoms with van der Waals surface area (Å²) in [6.45, 7) is 4.23. The average Bonchev–Trinajstić information content (AvgIpc) is 2.56. The van der Waals surface area contributed by atoms with Crippen LogP contribution in [0.15, 0.2) is 36.8 Å². The van der Waals surface area contributed by atoms with Crippen molar-refractivity contribution in [2.45, 2.75) is 19.8 Å². The first-order chi connectivity index (χ1) is 10.2. The monoisotopic (exact) mass is 279 g/mol. The van der Waals surface area contributed by atoms with E-state index >= 15 is 0 Å². The topological polar surface area (TPSA) is 90.2 Å². The molecule has 0 aromatic carbocycles. The quantitative estimate of drug-likeness (QED) is 0.723. The first-order valence-corrected chi connectivity index (χ1v) is 6.55. The van der Waals surface area contributed by atoms with Crippen LogP contribution in [-0.2, 0) is 0 Å². The maximum atomic E-state index is 4.34. The predicted molar refractivity (Wildman–Crippen MR) is 76.0 cm³/mol. The molecule has 7 nitrogen and oxygen atoms in total. The van der Waals surface area contributed by atoms with Gasteiger partial charge in [-0.1, -0.05) is 19.9 Å². The van der Waals surface area contributed by atoms with E-state index in [2.05, 4.69) is 49.2 Å². The van der Waals surface area contributed by atoms with Crippen molar-refractivity contribution in [1.82, 2.24) is 35.3 Å². The van der Waals surface area contributed by atoms with Crippen LogP contribution >= 0.6 is 0 Å². The molecule has 0 aliphatic rings. The molecule has 21 heavy (non-hydrogen) atoms. The molecule has 0 atom stereocenters. The van der Waals surface area contributed by atoms with Crippen LogP contribution in [0.1, 0.15) is 25.3 Å². The van der Waals surface area contributed by atoms with Crippen molar-refractivity contribution in [2.75, 3.05) is 0 Å². The molecule has 3 rings (SSSR count). The van der Waals surface area contributed by atoms with Crippen LogP contribution in [-0.4, -0.2) is 35.3 Å². The maximum absolute atomic E-state index is 4.34. The molecule has 3 aromatic rings. The Bertz CT molecular complexity index is 709. The minimum atomic E-state index is 0.290. The Morgan fingerprint density at radius 2 is 1.43 bits per heavy atom. The zero-order valence-electron chi connectivity index (χ0n) is 11.7. The van der Waals surface area contributed by atoms with Gasteiger partial charge in [-0.05, 0) is 23.6 Å². The summed E-state index contributed by atoms with van der Waals surface area (Å²) in [5, 5.41) is 16.1. The van der Waals surface area contributed by atoms with Crippen LogP contribution in [0, 0.1) is 0 Å². The van der Waals surface area contributed by atoms with Gasteiger partial charge in [-0.3, -0.25) is 4.98 Å². The van der Waals surface area contributed by atoms with E-state index in [1.165, 1.54) is 0 Å². The highest BCUT2D eigenvalue weighted by atomic mass is 15.3. The number of hydrogen-bond donors (Lipinski definition) is 0. The summed E-state index contributed by atoms with van der Waals surface area (Å²) in [6, 6.07) is 5.59. The fraction of sp³-hybridized carbons (Fsp3) is 0.214. The Hall–Kier alpha value is -2.83. The molecule has 0 fully saturated rings. The van der Waals surface area contributed by atoms with Gasteiger partial charge in [-0.2, -0.15) is 0 Å². The molecule has 0 spiro atoms. The largest absolute Gasteiger partial charge is 0.252 e. The van der Waals surface area contributed by atoms with E-state index in [0.29, 0.717) is 23.3 Å². The van der Waals surface area contributed by atoms with Gasteiger partial charge in [0.2, 0.25) is 17.5 Å². The zero-order chi connectivity index (χ0) is 14.7. The number of aromatic nitrogens is 7. The van der Waals surface area contributed by atoms with Crippen molar-refractivity contribution in [1.29, 1.82) is 0 Å². The third-order valence-electron chi connectivity index (χ3n) is 2.93. The molecule has 0 aliphatic heterocycles. The Morgan fingerprint density at radius 3 is 2.00 bits per heavy atom. The smallest absolute Gasteiger partial charge is 0.240 e. The molecule has 0 saturated heterocycles. The van der Waals surface area contributed by atoms with Gasteiger partial charge >= 0.3 is 0 Å². The minimum Gasteiger partial charge on any atom is -0.252 e. The van der Waals surface area contributed by atoms with E-state index < -0.39 is 0 Å². The lowest BCUT2D eigenvalue weighted by atomic mass is 10.1. The summed E-state index contributed by atoms with van der Waals surface area (Å²) >= 11 is 0. The third-order valence-corrected chi connectivity index (χ3v) is 2.93. The normalized spacial score (nSPS) is 10.8. The van der Waals surface area contributed by atoms with Crippen LogP contribution < -0.4 is 0 Å². The first-order valence-electron chi connectivity index (χ1n) is 6.55. The standard InChI is InChI=1S/C14H13N7/c1-9(2)10-4-5-11(17-8-10)12-18-20-14(21-19-12)13-15-6-3-7-16-13/h3-9H,1-2H3. The van der Waals surface area contributed by atoms with Gasteiger partial charge in [0.1, 0.15) is 5.69 Å². The molecule has 0 aliphatic carbocycles. The van der Waals surface area contributed by atoms with Crippen LogP contribution in [0.2, 0.25) is 0 Å². The number of nitrogens with zero attached hydrogens (tertiary/aromatic N) is 7. The fourth-order valence-corrected chi connectivity index (χ4v) is 1.71. The van der Waals surface area contributed by atoms with Crippen molar-refractivity contribution >= 4 is 0 Å². The third kappa shape index (κ3) is 2.86. The fourth-order valence-electron chi connectivity index (χ4n) is 1.71. The van der Waals surface area contributed by atoms with Crippen LogP contribution in [0.3, 0.4) is 0 Å². The lowest BCUT2D eigenvalue weighted by Gasteiger charge is -2.04. The molecule has 3 aromatic heterocycles. The molecular formula is C14H13N7. The summed E-state index contributed by atoms with van der Waals surface area (Å²) in [6.07, 6.45) is 5.05. The summed E-state index contributed by atoms with van der Waals surface area (Å²) in [5.74, 6) is 1.50. The lowest BCUT2D eigenvalue weighted by molar-refractivity contribution is 0.845. The summed E-state index contributed by atoms with van der Waals surface area (Å²) in [4.78, 5) is 12.4. The number of hydrogen-bond acceptors (Lipinski definition) is 7. The van der Waals surface area contributed by atoms with Gasteiger partial charge in [0.15, 0.2) is 0 Å². The highest BCUT2D eigenvalue weighted by molar-refractivity contribution is 5.49. The highest BCUT2D eigenvalue weighted by Crippen LogP contribution is 2.16. The Morgan fingerprint density at radius 1 is 0.762 bits per heavy atom. The molecule has 0 saturated carbocycles. The van der Waals surface area contributed by atoms with E-state index in [4.69, 9.17) is 0 Å². The molecule has 7 heteroatoms.